The number of benzene rings is 2. The molecule has 1 saturated heterocycles. The Morgan fingerprint density at radius 1 is 1.12 bits per heavy atom. The van der Waals surface area contributed by atoms with Crippen molar-refractivity contribution in [3.05, 3.63) is 89.0 Å². The summed E-state index contributed by atoms with van der Waals surface area (Å²) in [5, 5.41) is 0. The Bertz CT molecular complexity index is 1090. The van der Waals surface area contributed by atoms with Gasteiger partial charge in [-0.05, 0) is 61.6 Å². The third kappa shape index (κ3) is 5.10. The van der Waals surface area contributed by atoms with Gasteiger partial charge in [-0.15, -0.1) is 0 Å². The molecule has 2 heterocycles. The number of methoxy groups -OCH3 is 1. The lowest BCUT2D eigenvalue weighted by atomic mass is 9.95. The van der Waals surface area contributed by atoms with E-state index in [9.17, 15) is 4.79 Å². The molecule has 4 rings (SSSR count). The predicted octanol–water partition coefficient (Wildman–Crippen LogP) is 4.98. The summed E-state index contributed by atoms with van der Waals surface area (Å²) in [6.07, 6.45) is 9.45. The summed E-state index contributed by atoms with van der Waals surface area (Å²) in [6.45, 7) is 6.45. The molecule has 0 radical (unpaired) electrons. The molecule has 0 N–H and O–H groups in total. The van der Waals surface area contributed by atoms with Crippen LogP contribution in [0.1, 0.15) is 46.8 Å². The highest BCUT2D eigenvalue weighted by molar-refractivity contribution is 5.92. The lowest BCUT2D eigenvalue weighted by Crippen LogP contribution is -2.37. The molecule has 1 aliphatic heterocycles. The first-order valence-electron chi connectivity index (χ1n) is 11.2. The number of aromatic nitrogens is 2. The fourth-order valence-corrected chi connectivity index (χ4v) is 4.31. The Labute approximate surface area is 190 Å². The largest absolute Gasteiger partial charge is 0.497 e. The highest BCUT2D eigenvalue weighted by Crippen LogP contribution is 2.28. The number of ether oxygens (including phenoxy) is 1. The summed E-state index contributed by atoms with van der Waals surface area (Å²) >= 11 is 0. The van der Waals surface area contributed by atoms with Crippen LogP contribution in [0.25, 0.3) is 6.08 Å². The van der Waals surface area contributed by atoms with E-state index in [1.165, 1.54) is 16.7 Å². The molecule has 0 spiro atoms. The van der Waals surface area contributed by atoms with Crippen molar-refractivity contribution in [2.24, 2.45) is 0 Å². The summed E-state index contributed by atoms with van der Waals surface area (Å²) in [5.74, 6) is 2.43. The normalized spacial score (nSPS) is 14.8. The number of likely N-dealkylation sites (tertiary alicyclic amines) is 1. The van der Waals surface area contributed by atoms with Crippen LogP contribution in [0.4, 0.5) is 0 Å². The van der Waals surface area contributed by atoms with Crippen LogP contribution in [0.5, 0.6) is 5.75 Å². The summed E-state index contributed by atoms with van der Waals surface area (Å²) in [4.78, 5) is 19.3. The van der Waals surface area contributed by atoms with Crippen LogP contribution in [0.3, 0.4) is 0 Å². The second-order valence-electron chi connectivity index (χ2n) is 8.55. The summed E-state index contributed by atoms with van der Waals surface area (Å²) in [5.41, 5.74) is 4.71. The fourth-order valence-electron chi connectivity index (χ4n) is 4.31. The minimum Gasteiger partial charge on any atom is -0.497 e. The third-order valence-corrected chi connectivity index (χ3v) is 6.27. The van der Waals surface area contributed by atoms with E-state index in [0.717, 1.165) is 49.6 Å². The number of hydrogen-bond donors (Lipinski definition) is 0. The Hall–Kier alpha value is -3.34. The maximum Gasteiger partial charge on any atom is 0.246 e. The number of carbonyl (C=O) groups is 1. The molecule has 5 nitrogen and oxygen atoms in total. The zero-order chi connectivity index (χ0) is 22.5. The molecule has 0 saturated carbocycles. The van der Waals surface area contributed by atoms with Gasteiger partial charge in [0.05, 0.1) is 7.11 Å². The van der Waals surface area contributed by atoms with E-state index in [0.29, 0.717) is 5.92 Å². The average Bonchev–Trinajstić information content (AvgIpc) is 3.28. The summed E-state index contributed by atoms with van der Waals surface area (Å²) in [7, 11) is 1.68. The van der Waals surface area contributed by atoms with Gasteiger partial charge in [-0.1, -0.05) is 35.9 Å². The van der Waals surface area contributed by atoms with Crippen LogP contribution in [0.15, 0.2) is 60.9 Å². The Balaban J connectivity index is 1.36. The van der Waals surface area contributed by atoms with Gasteiger partial charge in [-0.3, -0.25) is 4.79 Å². The highest BCUT2D eigenvalue weighted by Gasteiger charge is 2.25. The number of aryl methyl sites for hydroxylation is 2. The molecular weight excluding hydrogens is 398 g/mol. The molecule has 1 amide bonds. The van der Waals surface area contributed by atoms with Crippen LogP contribution in [-0.4, -0.2) is 40.6 Å². The number of carbonyl (C=O) groups excluding carboxylic acids is 1. The highest BCUT2D eigenvalue weighted by atomic mass is 16.5. The summed E-state index contributed by atoms with van der Waals surface area (Å²) in [6, 6.07) is 14.5. The number of hydrogen-bond acceptors (Lipinski definition) is 3. The first kappa shape index (κ1) is 21.9. The van der Waals surface area contributed by atoms with E-state index in [1.807, 2.05) is 35.5 Å². The monoisotopic (exact) mass is 429 g/mol. The SMILES string of the molecule is COc1ccc(Cn2ccnc2C2CCN(C(=O)C=Cc3cc(C)ccc3C)CC2)cc1. The van der Waals surface area contributed by atoms with Crippen molar-refractivity contribution in [1.29, 1.82) is 0 Å². The second-order valence-corrected chi connectivity index (χ2v) is 8.55. The molecule has 0 bridgehead atoms. The molecule has 0 aliphatic carbocycles. The van der Waals surface area contributed by atoms with Gasteiger partial charge in [-0.2, -0.15) is 0 Å². The van der Waals surface area contributed by atoms with Crippen molar-refractivity contribution >= 4 is 12.0 Å². The van der Waals surface area contributed by atoms with Crippen LogP contribution < -0.4 is 4.74 Å². The molecule has 32 heavy (non-hydrogen) atoms. The first-order chi connectivity index (χ1) is 15.5. The molecule has 1 aromatic heterocycles. The van der Waals surface area contributed by atoms with Crippen molar-refractivity contribution in [2.75, 3.05) is 20.2 Å². The topological polar surface area (TPSA) is 47.4 Å². The number of rotatable bonds is 6. The van der Waals surface area contributed by atoms with Gasteiger partial charge >= 0.3 is 0 Å². The van der Waals surface area contributed by atoms with E-state index in [-0.39, 0.29) is 5.91 Å². The van der Waals surface area contributed by atoms with Gasteiger partial charge in [0.15, 0.2) is 0 Å². The van der Waals surface area contributed by atoms with Crippen molar-refractivity contribution in [1.82, 2.24) is 14.5 Å². The number of imidazole rings is 1. The Morgan fingerprint density at radius 3 is 2.59 bits per heavy atom. The van der Waals surface area contributed by atoms with E-state index in [1.54, 1.807) is 13.2 Å². The van der Waals surface area contributed by atoms with E-state index in [2.05, 4.69) is 53.7 Å². The third-order valence-electron chi connectivity index (χ3n) is 6.27. The lowest BCUT2D eigenvalue weighted by Gasteiger charge is -2.31. The molecule has 166 valence electrons. The number of nitrogens with zero attached hydrogens (tertiary/aromatic N) is 3. The van der Waals surface area contributed by atoms with Gasteiger partial charge < -0.3 is 14.2 Å². The van der Waals surface area contributed by atoms with Crippen molar-refractivity contribution in [3.8, 4) is 5.75 Å². The van der Waals surface area contributed by atoms with Gasteiger partial charge in [0.2, 0.25) is 5.91 Å². The molecular formula is C27H31N3O2. The first-order valence-corrected chi connectivity index (χ1v) is 11.2. The molecule has 5 heteroatoms. The number of amides is 1. The van der Waals surface area contributed by atoms with Gasteiger partial charge in [0.1, 0.15) is 11.6 Å². The standard InChI is InChI=1S/C27H31N3O2/c1-20-4-5-21(2)24(18-20)8-11-26(31)29-15-12-23(13-16-29)27-28-14-17-30(27)19-22-6-9-25(32-3)10-7-22/h4-11,14,17-18,23H,12-13,15-16,19H2,1-3H3. The van der Waals surface area contributed by atoms with Crippen molar-refractivity contribution in [2.45, 2.75) is 39.2 Å². The van der Waals surface area contributed by atoms with Gasteiger partial charge in [0.25, 0.3) is 0 Å². The molecule has 1 aliphatic rings. The van der Waals surface area contributed by atoms with Crippen LogP contribution in [-0.2, 0) is 11.3 Å². The zero-order valence-corrected chi connectivity index (χ0v) is 19.1. The van der Waals surface area contributed by atoms with Crippen LogP contribution in [0, 0.1) is 13.8 Å². The second kappa shape index (κ2) is 9.86. The van der Waals surface area contributed by atoms with Crippen LogP contribution >= 0.6 is 0 Å². The average molecular weight is 430 g/mol. The minimum absolute atomic E-state index is 0.0888. The lowest BCUT2D eigenvalue weighted by molar-refractivity contribution is -0.127. The molecule has 3 aromatic rings. The van der Waals surface area contributed by atoms with Crippen LogP contribution in [0.2, 0.25) is 0 Å². The fraction of sp³-hybridized carbons (Fsp3) is 0.333. The van der Waals surface area contributed by atoms with Crippen molar-refractivity contribution in [3.63, 3.8) is 0 Å². The maximum atomic E-state index is 12.7. The summed E-state index contributed by atoms with van der Waals surface area (Å²) < 4.78 is 7.48. The molecule has 0 unspecified atom stereocenters. The maximum absolute atomic E-state index is 12.7. The van der Waals surface area contributed by atoms with Crippen molar-refractivity contribution < 1.29 is 9.53 Å². The Kier molecular flexibility index (Phi) is 6.74. The predicted molar refractivity (Wildman–Crippen MR) is 128 cm³/mol. The van der Waals surface area contributed by atoms with E-state index < -0.39 is 0 Å². The zero-order valence-electron chi connectivity index (χ0n) is 19.1. The number of piperidine rings is 1. The molecule has 2 aromatic carbocycles. The van der Waals surface area contributed by atoms with Gasteiger partial charge in [-0.25, -0.2) is 4.98 Å². The molecule has 1 fully saturated rings. The van der Waals surface area contributed by atoms with E-state index in [4.69, 9.17) is 4.74 Å². The Morgan fingerprint density at radius 2 is 1.88 bits per heavy atom. The quantitative estimate of drug-likeness (QED) is 0.520. The smallest absolute Gasteiger partial charge is 0.246 e. The minimum atomic E-state index is 0.0888. The molecule has 0 atom stereocenters. The van der Waals surface area contributed by atoms with Gasteiger partial charge in [0, 0.05) is 44.0 Å². The van der Waals surface area contributed by atoms with E-state index >= 15 is 0 Å².